The van der Waals surface area contributed by atoms with Gasteiger partial charge in [-0.1, -0.05) is 13.8 Å². The summed E-state index contributed by atoms with van der Waals surface area (Å²) in [6, 6.07) is 0. The van der Waals surface area contributed by atoms with Crippen LogP contribution in [0.3, 0.4) is 0 Å². The van der Waals surface area contributed by atoms with Gasteiger partial charge >= 0.3 is 0 Å². The molecular weight excluding hydrogens is 152 g/mol. The van der Waals surface area contributed by atoms with Gasteiger partial charge in [-0.3, -0.25) is 4.68 Å². The second-order valence-corrected chi connectivity index (χ2v) is 3.11. The molecule has 12 heavy (non-hydrogen) atoms. The molecule has 0 unspecified atom stereocenters. The van der Waals surface area contributed by atoms with Gasteiger partial charge in [0.05, 0.1) is 22.6 Å². The number of hydrogen-bond donors (Lipinski definition) is 0. The van der Waals surface area contributed by atoms with Gasteiger partial charge in [0.2, 0.25) is 0 Å². The van der Waals surface area contributed by atoms with Crippen LogP contribution in [0.25, 0.3) is 0 Å². The van der Waals surface area contributed by atoms with E-state index in [1.165, 1.54) is 0 Å². The summed E-state index contributed by atoms with van der Waals surface area (Å²) in [7, 11) is -0.567. The molecule has 0 atom stereocenters. The number of aromatic nitrogens is 2. The Morgan fingerprint density at radius 3 is 3.08 bits per heavy atom. The van der Waals surface area contributed by atoms with Crippen molar-refractivity contribution >= 4 is 0 Å². The molecule has 1 aromatic rings. The van der Waals surface area contributed by atoms with Crippen molar-refractivity contribution in [2.75, 3.05) is 7.04 Å². The lowest BCUT2D eigenvalue weighted by Gasteiger charge is -2.06. The minimum atomic E-state index is -2.35. The van der Waals surface area contributed by atoms with Crippen LogP contribution in [0.5, 0.6) is 0 Å². The Labute approximate surface area is 77.6 Å². The number of aryl methyl sites for hydroxylation is 1. The topological polar surface area (TPSA) is 27.1 Å². The summed E-state index contributed by atoms with van der Waals surface area (Å²) in [6.45, 7) is 4.15. The van der Waals surface area contributed by atoms with Gasteiger partial charge in [0.1, 0.15) is 0 Å². The average molecular weight is 171 g/mol. The average Bonchev–Trinajstić information content (AvgIpc) is 2.42. The first-order valence-electron chi connectivity index (χ1n) is 5.46. The number of nitrogens with zero attached hydrogens (tertiary/aromatic N) is 2. The fourth-order valence-corrected chi connectivity index (χ4v) is 1.21. The van der Waals surface area contributed by atoms with Crippen LogP contribution < -0.4 is 0 Å². The second-order valence-electron chi connectivity index (χ2n) is 3.11. The van der Waals surface area contributed by atoms with E-state index in [0.29, 0.717) is 5.92 Å². The van der Waals surface area contributed by atoms with Crippen molar-refractivity contribution in [1.82, 2.24) is 9.78 Å². The SMILES string of the molecule is [2H]C([2H])([2H])OCc1c(C(C)C)cnn1C. The summed E-state index contributed by atoms with van der Waals surface area (Å²) in [4.78, 5) is 0. The van der Waals surface area contributed by atoms with Gasteiger partial charge in [-0.05, 0) is 11.5 Å². The molecule has 0 aromatic carbocycles. The Morgan fingerprint density at radius 2 is 2.50 bits per heavy atom. The summed E-state index contributed by atoms with van der Waals surface area (Å²) >= 11 is 0. The van der Waals surface area contributed by atoms with Crippen molar-refractivity contribution in [1.29, 1.82) is 0 Å². The van der Waals surface area contributed by atoms with Crippen molar-refractivity contribution in [3.8, 4) is 0 Å². The highest BCUT2D eigenvalue weighted by molar-refractivity contribution is 5.20. The number of ether oxygens (including phenoxy) is 1. The fraction of sp³-hybridized carbons (Fsp3) is 0.667. The van der Waals surface area contributed by atoms with E-state index in [9.17, 15) is 0 Å². The highest BCUT2D eigenvalue weighted by Gasteiger charge is 2.10. The van der Waals surface area contributed by atoms with E-state index in [4.69, 9.17) is 8.85 Å². The molecule has 0 spiro atoms. The van der Waals surface area contributed by atoms with Gasteiger partial charge in [-0.15, -0.1) is 0 Å². The van der Waals surface area contributed by atoms with E-state index in [1.54, 1.807) is 17.9 Å². The molecule has 0 amide bonds. The maximum Gasteiger partial charge on any atom is 0.0883 e. The molecule has 1 rings (SSSR count). The van der Waals surface area contributed by atoms with Crippen LogP contribution in [-0.4, -0.2) is 16.8 Å². The van der Waals surface area contributed by atoms with E-state index in [2.05, 4.69) is 5.10 Å². The zero-order valence-corrected chi connectivity index (χ0v) is 7.66. The van der Waals surface area contributed by atoms with E-state index in [1.807, 2.05) is 13.8 Å². The lowest BCUT2D eigenvalue weighted by Crippen LogP contribution is -2.02. The molecule has 1 heterocycles. The molecule has 0 radical (unpaired) electrons. The zero-order valence-electron chi connectivity index (χ0n) is 10.7. The molecule has 0 N–H and O–H groups in total. The maximum atomic E-state index is 6.96. The van der Waals surface area contributed by atoms with E-state index < -0.39 is 7.04 Å². The van der Waals surface area contributed by atoms with Gasteiger partial charge in [-0.2, -0.15) is 5.10 Å². The first kappa shape index (κ1) is 5.75. The van der Waals surface area contributed by atoms with Gasteiger partial charge in [0.25, 0.3) is 0 Å². The standard InChI is InChI=1S/C9H16N2O/c1-7(2)8-5-10-11(3)9(8)6-12-4/h5,7H,6H2,1-4H3/i4D3. The minimum absolute atomic E-state index is 0.0700. The number of rotatable bonds is 3. The Bertz CT molecular complexity index is 331. The maximum absolute atomic E-state index is 6.96. The third kappa shape index (κ3) is 1.67. The molecule has 68 valence electrons. The van der Waals surface area contributed by atoms with Crippen molar-refractivity contribution in [2.24, 2.45) is 7.05 Å². The third-order valence-electron chi connectivity index (χ3n) is 1.92. The molecule has 1 aromatic heterocycles. The first-order valence-corrected chi connectivity index (χ1v) is 3.96. The van der Waals surface area contributed by atoms with Crippen LogP contribution >= 0.6 is 0 Å². The third-order valence-corrected chi connectivity index (χ3v) is 1.92. The van der Waals surface area contributed by atoms with Crippen molar-refractivity contribution in [3.05, 3.63) is 17.5 Å². The molecule has 0 saturated carbocycles. The van der Waals surface area contributed by atoms with Crippen LogP contribution in [0.4, 0.5) is 0 Å². The molecule has 0 bridgehead atoms. The number of hydrogen-bond acceptors (Lipinski definition) is 2. The van der Waals surface area contributed by atoms with Gasteiger partial charge in [0.15, 0.2) is 0 Å². The quantitative estimate of drug-likeness (QED) is 0.692. The summed E-state index contributed by atoms with van der Waals surface area (Å²) < 4.78 is 27.3. The Kier molecular flexibility index (Phi) is 1.78. The minimum Gasteiger partial charge on any atom is -0.378 e. The van der Waals surface area contributed by atoms with Crippen molar-refractivity contribution < 1.29 is 8.85 Å². The normalized spacial score (nSPS) is 15.8. The monoisotopic (exact) mass is 171 g/mol. The molecule has 3 heteroatoms. The summed E-state index contributed by atoms with van der Waals surface area (Å²) in [5, 5.41) is 4.09. The summed E-state index contributed by atoms with van der Waals surface area (Å²) in [5.74, 6) is 0.314. The Balaban J connectivity index is 2.79. The largest absolute Gasteiger partial charge is 0.378 e. The highest BCUT2D eigenvalue weighted by Crippen LogP contribution is 2.18. The van der Waals surface area contributed by atoms with Crippen molar-refractivity contribution in [2.45, 2.75) is 26.4 Å². The van der Waals surface area contributed by atoms with E-state index >= 15 is 0 Å². The fourth-order valence-electron chi connectivity index (χ4n) is 1.21. The van der Waals surface area contributed by atoms with Crippen LogP contribution in [-0.2, 0) is 18.4 Å². The summed E-state index contributed by atoms with van der Waals surface area (Å²) in [6.07, 6.45) is 1.75. The van der Waals surface area contributed by atoms with Crippen LogP contribution in [0.1, 0.15) is 35.1 Å². The van der Waals surface area contributed by atoms with Crippen molar-refractivity contribution in [3.63, 3.8) is 0 Å². The van der Waals surface area contributed by atoms with Crippen LogP contribution in [0.2, 0.25) is 0 Å². The predicted octanol–water partition coefficient (Wildman–Crippen LogP) is 1.69. The predicted molar refractivity (Wildman–Crippen MR) is 48.0 cm³/mol. The molecule has 0 aliphatic rings. The first-order chi connectivity index (χ1) is 6.81. The lowest BCUT2D eigenvalue weighted by molar-refractivity contribution is 0.177. The second kappa shape index (κ2) is 3.72. The van der Waals surface area contributed by atoms with Gasteiger partial charge < -0.3 is 4.74 Å². The van der Waals surface area contributed by atoms with E-state index in [0.717, 1.165) is 11.3 Å². The van der Waals surface area contributed by atoms with Gasteiger partial charge in [-0.25, -0.2) is 0 Å². The Morgan fingerprint density at radius 1 is 1.75 bits per heavy atom. The molecular formula is C9H16N2O. The van der Waals surface area contributed by atoms with Crippen LogP contribution in [0.15, 0.2) is 6.20 Å². The molecule has 0 saturated heterocycles. The summed E-state index contributed by atoms with van der Waals surface area (Å²) in [5.41, 5.74) is 1.85. The molecule has 0 fully saturated rings. The number of methoxy groups -OCH3 is 1. The van der Waals surface area contributed by atoms with Crippen LogP contribution in [0, 0.1) is 0 Å². The van der Waals surface area contributed by atoms with E-state index in [-0.39, 0.29) is 6.61 Å². The molecule has 0 aliphatic carbocycles. The smallest absolute Gasteiger partial charge is 0.0883 e. The zero-order chi connectivity index (χ0) is 11.6. The molecule has 0 aliphatic heterocycles. The Hall–Kier alpha value is -0.830. The lowest BCUT2D eigenvalue weighted by atomic mass is 10.0. The highest BCUT2D eigenvalue weighted by atomic mass is 16.5. The molecule has 3 nitrogen and oxygen atoms in total. The van der Waals surface area contributed by atoms with Gasteiger partial charge in [0, 0.05) is 14.1 Å².